The van der Waals surface area contributed by atoms with Crippen molar-refractivity contribution in [3.63, 3.8) is 0 Å². The summed E-state index contributed by atoms with van der Waals surface area (Å²) in [6, 6.07) is -0.146. The summed E-state index contributed by atoms with van der Waals surface area (Å²) in [5, 5.41) is 7.22. The van der Waals surface area contributed by atoms with Crippen molar-refractivity contribution in [2.75, 3.05) is 13.1 Å². The van der Waals surface area contributed by atoms with E-state index in [9.17, 15) is 0 Å². The quantitative estimate of drug-likeness (QED) is 0.765. The van der Waals surface area contributed by atoms with Crippen molar-refractivity contribution in [3.8, 4) is 0 Å². The molecular formula is C10H18N4O. The standard InChI is InChI=1S/C10H18N4O/c1-7(11)10-13-9(15-14-10)5-8-3-2-4-12-6-8/h7-8,12H,2-6,11H2,1H3. The Morgan fingerprint density at radius 1 is 1.67 bits per heavy atom. The van der Waals surface area contributed by atoms with Crippen LogP contribution in [0.25, 0.3) is 0 Å². The number of nitrogens with one attached hydrogen (secondary N) is 1. The van der Waals surface area contributed by atoms with E-state index in [2.05, 4.69) is 15.5 Å². The number of piperidine rings is 1. The molecule has 1 aromatic heterocycles. The number of hydrogen-bond donors (Lipinski definition) is 2. The van der Waals surface area contributed by atoms with Crippen LogP contribution < -0.4 is 11.1 Å². The summed E-state index contributed by atoms with van der Waals surface area (Å²) in [5.41, 5.74) is 5.66. The van der Waals surface area contributed by atoms with Gasteiger partial charge in [0.05, 0.1) is 6.04 Å². The third-order valence-electron chi connectivity index (χ3n) is 2.75. The maximum atomic E-state index is 5.66. The van der Waals surface area contributed by atoms with E-state index >= 15 is 0 Å². The van der Waals surface area contributed by atoms with Gasteiger partial charge in [-0.15, -0.1) is 0 Å². The molecule has 0 bridgehead atoms. The number of hydrogen-bond acceptors (Lipinski definition) is 5. The molecule has 0 aliphatic carbocycles. The maximum Gasteiger partial charge on any atom is 0.227 e. The van der Waals surface area contributed by atoms with Gasteiger partial charge in [0, 0.05) is 6.42 Å². The first kappa shape index (κ1) is 10.6. The van der Waals surface area contributed by atoms with Gasteiger partial charge >= 0.3 is 0 Å². The summed E-state index contributed by atoms with van der Waals surface area (Å²) in [4.78, 5) is 4.27. The molecule has 2 rings (SSSR count). The van der Waals surface area contributed by atoms with Crippen LogP contribution in [0.4, 0.5) is 0 Å². The van der Waals surface area contributed by atoms with Gasteiger partial charge in [-0.1, -0.05) is 5.16 Å². The predicted octanol–water partition coefficient (Wildman–Crippen LogP) is 0.631. The first-order chi connectivity index (χ1) is 7.25. The van der Waals surface area contributed by atoms with Gasteiger partial charge in [0.2, 0.25) is 5.89 Å². The zero-order valence-electron chi connectivity index (χ0n) is 9.07. The first-order valence-corrected chi connectivity index (χ1v) is 5.54. The molecule has 0 aromatic carbocycles. The van der Waals surface area contributed by atoms with E-state index in [1.807, 2.05) is 6.92 Å². The minimum Gasteiger partial charge on any atom is -0.339 e. The molecule has 1 aromatic rings. The van der Waals surface area contributed by atoms with E-state index in [4.69, 9.17) is 10.3 Å². The monoisotopic (exact) mass is 210 g/mol. The third kappa shape index (κ3) is 2.76. The van der Waals surface area contributed by atoms with Gasteiger partial charge < -0.3 is 15.6 Å². The van der Waals surface area contributed by atoms with Crippen LogP contribution in [-0.2, 0) is 6.42 Å². The van der Waals surface area contributed by atoms with Gasteiger partial charge in [-0.25, -0.2) is 0 Å². The number of nitrogens with two attached hydrogens (primary N) is 1. The molecule has 3 N–H and O–H groups in total. The molecule has 0 amide bonds. The van der Waals surface area contributed by atoms with Crippen LogP contribution in [0.1, 0.15) is 37.5 Å². The molecule has 15 heavy (non-hydrogen) atoms. The average molecular weight is 210 g/mol. The Balaban J connectivity index is 1.91. The van der Waals surface area contributed by atoms with Gasteiger partial charge in [0.15, 0.2) is 5.82 Å². The minimum atomic E-state index is -0.146. The van der Waals surface area contributed by atoms with Gasteiger partial charge in [0.1, 0.15) is 0 Å². The molecule has 84 valence electrons. The molecule has 2 atom stereocenters. The van der Waals surface area contributed by atoms with Gasteiger partial charge in [-0.05, 0) is 38.8 Å². The topological polar surface area (TPSA) is 77.0 Å². The summed E-state index contributed by atoms with van der Waals surface area (Å²) >= 11 is 0. The Kier molecular flexibility index (Phi) is 3.33. The molecule has 5 heteroatoms. The van der Waals surface area contributed by atoms with Crippen LogP contribution in [0, 0.1) is 5.92 Å². The highest BCUT2D eigenvalue weighted by Gasteiger charge is 2.17. The van der Waals surface area contributed by atoms with E-state index in [0.717, 1.165) is 25.4 Å². The second-order valence-corrected chi connectivity index (χ2v) is 4.25. The average Bonchev–Trinajstić information content (AvgIpc) is 2.68. The second-order valence-electron chi connectivity index (χ2n) is 4.25. The van der Waals surface area contributed by atoms with Crippen molar-refractivity contribution < 1.29 is 4.52 Å². The highest BCUT2D eigenvalue weighted by atomic mass is 16.5. The summed E-state index contributed by atoms with van der Waals surface area (Å²) in [6.07, 6.45) is 3.34. The summed E-state index contributed by atoms with van der Waals surface area (Å²) in [7, 11) is 0. The van der Waals surface area contributed by atoms with E-state index in [1.54, 1.807) is 0 Å². The molecule has 1 aliphatic rings. The molecule has 2 unspecified atom stereocenters. The fourth-order valence-electron chi connectivity index (χ4n) is 1.88. The third-order valence-corrected chi connectivity index (χ3v) is 2.75. The smallest absolute Gasteiger partial charge is 0.227 e. The Morgan fingerprint density at radius 3 is 3.13 bits per heavy atom. The number of rotatable bonds is 3. The van der Waals surface area contributed by atoms with Gasteiger partial charge in [-0.2, -0.15) is 4.98 Å². The number of aromatic nitrogens is 2. The van der Waals surface area contributed by atoms with E-state index in [1.165, 1.54) is 12.8 Å². The molecule has 5 nitrogen and oxygen atoms in total. The fourth-order valence-corrected chi connectivity index (χ4v) is 1.88. The largest absolute Gasteiger partial charge is 0.339 e. The zero-order valence-corrected chi connectivity index (χ0v) is 9.07. The molecule has 2 heterocycles. The van der Waals surface area contributed by atoms with Crippen molar-refractivity contribution >= 4 is 0 Å². The van der Waals surface area contributed by atoms with Crippen LogP contribution in [0.2, 0.25) is 0 Å². The first-order valence-electron chi connectivity index (χ1n) is 5.54. The number of nitrogens with zero attached hydrogens (tertiary/aromatic N) is 2. The highest BCUT2D eigenvalue weighted by Crippen LogP contribution is 2.16. The normalized spacial score (nSPS) is 24.0. The van der Waals surface area contributed by atoms with Crippen LogP contribution >= 0.6 is 0 Å². The maximum absolute atomic E-state index is 5.66. The van der Waals surface area contributed by atoms with Crippen molar-refractivity contribution in [3.05, 3.63) is 11.7 Å². The fraction of sp³-hybridized carbons (Fsp3) is 0.800. The summed E-state index contributed by atoms with van der Waals surface area (Å²) in [5.74, 6) is 1.95. The molecule has 0 spiro atoms. The van der Waals surface area contributed by atoms with Crippen molar-refractivity contribution in [2.24, 2.45) is 11.7 Å². The molecule has 0 saturated carbocycles. The van der Waals surface area contributed by atoms with E-state index < -0.39 is 0 Å². The van der Waals surface area contributed by atoms with Gasteiger partial charge in [0.25, 0.3) is 0 Å². The Labute approximate surface area is 89.4 Å². The van der Waals surface area contributed by atoms with E-state index in [-0.39, 0.29) is 6.04 Å². The Bertz CT molecular complexity index is 304. The Morgan fingerprint density at radius 2 is 2.53 bits per heavy atom. The van der Waals surface area contributed by atoms with Crippen LogP contribution in [0.5, 0.6) is 0 Å². The lowest BCUT2D eigenvalue weighted by atomic mass is 9.96. The lowest BCUT2D eigenvalue weighted by Gasteiger charge is -2.20. The van der Waals surface area contributed by atoms with Crippen LogP contribution in [-0.4, -0.2) is 23.2 Å². The van der Waals surface area contributed by atoms with Crippen LogP contribution in [0.15, 0.2) is 4.52 Å². The van der Waals surface area contributed by atoms with E-state index in [0.29, 0.717) is 11.7 Å². The Hall–Kier alpha value is -0.940. The second kappa shape index (κ2) is 4.72. The molecule has 1 saturated heterocycles. The van der Waals surface area contributed by atoms with Crippen molar-refractivity contribution in [1.29, 1.82) is 0 Å². The highest BCUT2D eigenvalue weighted by molar-refractivity contribution is 4.92. The van der Waals surface area contributed by atoms with Crippen molar-refractivity contribution in [1.82, 2.24) is 15.5 Å². The lowest BCUT2D eigenvalue weighted by molar-refractivity contribution is 0.314. The molecule has 0 radical (unpaired) electrons. The van der Waals surface area contributed by atoms with Gasteiger partial charge in [-0.3, -0.25) is 0 Å². The minimum absolute atomic E-state index is 0.146. The molecular weight excluding hydrogens is 192 g/mol. The molecule has 1 fully saturated rings. The van der Waals surface area contributed by atoms with Crippen molar-refractivity contribution in [2.45, 2.75) is 32.2 Å². The summed E-state index contributed by atoms with van der Waals surface area (Å²) < 4.78 is 5.16. The zero-order chi connectivity index (χ0) is 10.7. The lowest BCUT2D eigenvalue weighted by Crippen LogP contribution is -2.30. The molecule has 1 aliphatic heterocycles. The summed E-state index contributed by atoms with van der Waals surface area (Å²) in [6.45, 7) is 4.04. The SMILES string of the molecule is CC(N)c1noc(CC2CCCNC2)n1. The predicted molar refractivity (Wildman–Crippen MR) is 56.2 cm³/mol. The van der Waals surface area contributed by atoms with Crippen LogP contribution in [0.3, 0.4) is 0 Å².